The fourth-order valence-corrected chi connectivity index (χ4v) is 2.31. The summed E-state index contributed by atoms with van der Waals surface area (Å²) in [5, 5.41) is 12.9. The number of benzene rings is 1. The zero-order chi connectivity index (χ0) is 16.5. The number of amides is 1. The highest BCUT2D eigenvalue weighted by molar-refractivity contribution is 5.95. The molecule has 0 aliphatic carbocycles. The van der Waals surface area contributed by atoms with Crippen LogP contribution < -0.4 is 11.1 Å². The Balaban J connectivity index is 1.98. The molecule has 6 heteroatoms. The molecule has 6 nitrogen and oxygen atoms in total. The SMILES string of the molecule is Cc1ccc(NC(=O)[C@H](N)[C@H](O)[C@H]2COC(C)(C)O2)cc1C. The van der Waals surface area contributed by atoms with Crippen molar-refractivity contribution in [3.63, 3.8) is 0 Å². The minimum Gasteiger partial charge on any atom is -0.388 e. The summed E-state index contributed by atoms with van der Waals surface area (Å²) >= 11 is 0. The molecule has 1 aliphatic heterocycles. The van der Waals surface area contributed by atoms with Crippen LogP contribution in [0.3, 0.4) is 0 Å². The smallest absolute Gasteiger partial charge is 0.244 e. The van der Waals surface area contributed by atoms with Gasteiger partial charge in [-0.05, 0) is 51.0 Å². The second-order valence-electron chi connectivity index (χ2n) is 6.17. The Morgan fingerprint density at radius 2 is 2.09 bits per heavy atom. The van der Waals surface area contributed by atoms with E-state index in [1.54, 1.807) is 19.9 Å². The molecule has 1 fully saturated rings. The molecule has 1 aliphatic rings. The van der Waals surface area contributed by atoms with Crippen LogP contribution in [-0.4, -0.2) is 41.7 Å². The number of aryl methyl sites for hydroxylation is 2. The number of nitrogens with two attached hydrogens (primary N) is 1. The van der Waals surface area contributed by atoms with E-state index in [1.807, 2.05) is 26.0 Å². The molecule has 0 bridgehead atoms. The second kappa shape index (κ2) is 6.34. The first kappa shape index (κ1) is 16.9. The predicted octanol–water partition coefficient (Wildman–Crippen LogP) is 1.08. The molecule has 1 amide bonds. The van der Waals surface area contributed by atoms with Gasteiger partial charge in [0.15, 0.2) is 5.79 Å². The fourth-order valence-electron chi connectivity index (χ4n) is 2.31. The van der Waals surface area contributed by atoms with Crippen LogP contribution in [-0.2, 0) is 14.3 Å². The lowest BCUT2D eigenvalue weighted by molar-refractivity contribution is -0.154. The number of aliphatic hydroxyl groups is 1. The molecule has 0 radical (unpaired) electrons. The highest BCUT2D eigenvalue weighted by Crippen LogP contribution is 2.25. The monoisotopic (exact) mass is 308 g/mol. The lowest BCUT2D eigenvalue weighted by atomic mass is 10.1. The Kier molecular flexibility index (Phi) is 4.87. The van der Waals surface area contributed by atoms with Crippen LogP contribution in [0, 0.1) is 13.8 Å². The minimum absolute atomic E-state index is 0.207. The van der Waals surface area contributed by atoms with Crippen LogP contribution in [0.4, 0.5) is 5.69 Å². The van der Waals surface area contributed by atoms with Crippen LogP contribution in [0.5, 0.6) is 0 Å². The third kappa shape index (κ3) is 3.84. The van der Waals surface area contributed by atoms with E-state index in [0.29, 0.717) is 5.69 Å². The zero-order valence-electron chi connectivity index (χ0n) is 13.4. The molecule has 122 valence electrons. The average molecular weight is 308 g/mol. The quantitative estimate of drug-likeness (QED) is 0.774. The summed E-state index contributed by atoms with van der Waals surface area (Å²) in [6.07, 6.45) is -1.75. The van der Waals surface area contributed by atoms with Gasteiger partial charge in [-0.2, -0.15) is 0 Å². The van der Waals surface area contributed by atoms with Crippen molar-refractivity contribution in [2.75, 3.05) is 11.9 Å². The van der Waals surface area contributed by atoms with Gasteiger partial charge in [-0.15, -0.1) is 0 Å². The summed E-state index contributed by atoms with van der Waals surface area (Å²) < 4.78 is 10.9. The van der Waals surface area contributed by atoms with Crippen LogP contribution in [0.1, 0.15) is 25.0 Å². The summed E-state index contributed by atoms with van der Waals surface area (Å²) in [7, 11) is 0. The summed E-state index contributed by atoms with van der Waals surface area (Å²) in [5.41, 5.74) is 8.71. The number of anilines is 1. The summed E-state index contributed by atoms with van der Waals surface area (Å²) in [6.45, 7) is 7.67. The summed E-state index contributed by atoms with van der Waals surface area (Å²) in [5.74, 6) is -1.22. The Bertz CT molecular complexity index is 559. The lowest BCUT2D eigenvalue weighted by Crippen LogP contribution is -2.51. The highest BCUT2D eigenvalue weighted by Gasteiger charge is 2.40. The van der Waals surface area contributed by atoms with Gasteiger partial charge in [-0.1, -0.05) is 6.07 Å². The van der Waals surface area contributed by atoms with E-state index in [-0.39, 0.29) is 6.61 Å². The maximum Gasteiger partial charge on any atom is 0.244 e. The Labute approximate surface area is 130 Å². The molecule has 1 heterocycles. The molecular weight excluding hydrogens is 284 g/mol. The zero-order valence-corrected chi connectivity index (χ0v) is 13.4. The van der Waals surface area contributed by atoms with Crippen molar-refractivity contribution in [1.29, 1.82) is 0 Å². The average Bonchev–Trinajstić information content (AvgIpc) is 2.81. The third-order valence-electron chi connectivity index (χ3n) is 3.86. The molecule has 2 rings (SSSR count). The van der Waals surface area contributed by atoms with Crippen molar-refractivity contribution in [3.05, 3.63) is 29.3 Å². The topological polar surface area (TPSA) is 93.8 Å². The largest absolute Gasteiger partial charge is 0.388 e. The van der Waals surface area contributed by atoms with Crippen molar-refractivity contribution in [2.24, 2.45) is 5.73 Å². The van der Waals surface area contributed by atoms with Crippen molar-refractivity contribution < 1.29 is 19.4 Å². The molecular formula is C16H24N2O4. The van der Waals surface area contributed by atoms with E-state index in [4.69, 9.17) is 15.2 Å². The number of nitrogens with one attached hydrogen (secondary N) is 1. The molecule has 0 spiro atoms. The molecule has 1 saturated heterocycles. The van der Waals surface area contributed by atoms with Crippen molar-refractivity contribution in [3.8, 4) is 0 Å². The normalized spacial score (nSPS) is 23.1. The van der Waals surface area contributed by atoms with E-state index >= 15 is 0 Å². The predicted molar refractivity (Wildman–Crippen MR) is 83.4 cm³/mol. The van der Waals surface area contributed by atoms with Gasteiger partial charge in [0.1, 0.15) is 18.2 Å². The number of ether oxygens (including phenoxy) is 2. The maximum atomic E-state index is 12.2. The number of carbonyl (C=O) groups is 1. The standard InChI is InChI=1S/C16H24N2O4/c1-9-5-6-11(7-10(9)2)18-15(20)13(17)14(19)12-8-21-16(3,4)22-12/h5-7,12-14,19H,8,17H2,1-4H3,(H,18,20)/t12-,13-,14-/m1/s1. The molecule has 0 unspecified atom stereocenters. The molecule has 1 aromatic rings. The molecule has 22 heavy (non-hydrogen) atoms. The highest BCUT2D eigenvalue weighted by atomic mass is 16.7. The van der Waals surface area contributed by atoms with Crippen molar-refractivity contribution >= 4 is 11.6 Å². The van der Waals surface area contributed by atoms with Gasteiger partial charge in [0.2, 0.25) is 5.91 Å². The van der Waals surface area contributed by atoms with E-state index < -0.39 is 29.9 Å². The Hall–Kier alpha value is -1.47. The van der Waals surface area contributed by atoms with Gasteiger partial charge in [-0.3, -0.25) is 4.79 Å². The van der Waals surface area contributed by atoms with Crippen molar-refractivity contribution in [1.82, 2.24) is 0 Å². The Morgan fingerprint density at radius 3 is 2.64 bits per heavy atom. The van der Waals surface area contributed by atoms with Gasteiger partial charge >= 0.3 is 0 Å². The van der Waals surface area contributed by atoms with Crippen LogP contribution in [0.25, 0.3) is 0 Å². The number of carbonyl (C=O) groups excluding carboxylic acids is 1. The minimum atomic E-state index is -1.13. The summed E-state index contributed by atoms with van der Waals surface area (Å²) in [4.78, 5) is 12.2. The van der Waals surface area contributed by atoms with E-state index in [0.717, 1.165) is 11.1 Å². The van der Waals surface area contributed by atoms with Crippen LogP contribution in [0.2, 0.25) is 0 Å². The van der Waals surface area contributed by atoms with Crippen molar-refractivity contribution in [2.45, 2.75) is 51.7 Å². The van der Waals surface area contributed by atoms with Crippen LogP contribution in [0.15, 0.2) is 18.2 Å². The summed E-state index contributed by atoms with van der Waals surface area (Å²) in [6, 6.07) is 4.50. The first-order valence-corrected chi connectivity index (χ1v) is 7.33. The van der Waals surface area contributed by atoms with Gasteiger partial charge < -0.3 is 25.6 Å². The third-order valence-corrected chi connectivity index (χ3v) is 3.86. The number of rotatable bonds is 4. The first-order chi connectivity index (χ1) is 10.2. The molecule has 3 atom stereocenters. The Morgan fingerprint density at radius 1 is 1.41 bits per heavy atom. The maximum absolute atomic E-state index is 12.2. The van der Waals surface area contributed by atoms with Gasteiger partial charge in [0.25, 0.3) is 0 Å². The molecule has 0 aromatic heterocycles. The number of aliphatic hydroxyl groups excluding tert-OH is 1. The molecule has 4 N–H and O–H groups in total. The van der Waals surface area contributed by atoms with Crippen LogP contribution >= 0.6 is 0 Å². The first-order valence-electron chi connectivity index (χ1n) is 7.33. The fraction of sp³-hybridized carbons (Fsp3) is 0.562. The second-order valence-corrected chi connectivity index (χ2v) is 6.17. The van der Waals surface area contributed by atoms with E-state index in [2.05, 4.69) is 5.32 Å². The van der Waals surface area contributed by atoms with Gasteiger partial charge in [0, 0.05) is 5.69 Å². The van der Waals surface area contributed by atoms with E-state index in [1.165, 1.54) is 0 Å². The molecule has 1 aromatic carbocycles. The number of hydrogen-bond donors (Lipinski definition) is 3. The van der Waals surface area contributed by atoms with Gasteiger partial charge in [-0.25, -0.2) is 0 Å². The molecule has 0 saturated carbocycles. The number of hydrogen-bond acceptors (Lipinski definition) is 5. The van der Waals surface area contributed by atoms with E-state index in [9.17, 15) is 9.90 Å². The van der Waals surface area contributed by atoms with Gasteiger partial charge in [0.05, 0.1) is 6.61 Å². The lowest BCUT2D eigenvalue weighted by Gasteiger charge is -2.24.